The maximum atomic E-state index is 9.37. The van der Waals surface area contributed by atoms with Crippen molar-refractivity contribution in [2.45, 2.75) is 33.6 Å². The Morgan fingerprint density at radius 3 is 1.47 bits per heavy atom. The van der Waals surface area contributed by atoms with Gasteiger partial charge in [0.2, 0.25) is 0 Å². The van der Waals surface area contributed by atoms with Crippen LogP contribution in [0.1, 0.15) is 33.6 Å². The summed E-state index contributed by atoms with van der Waals surface area (Å²) in [6.07, 6.45) is 0.444. The van der Waals surface area contributed by atoms with E-state index in [2.05, 4.69) is 17.6 Å². The summed E-state index contributed by atoms with van der Waals surface area (Å²) < 4.78 is 0. The average Bonchev–Trinajstić information content (AvgIpc) is 2.31. The monoisotopic (exact) mass is 250 g/mol. The van der Waals surface area contributed by atoms with E-state index in [0.29, 0.717) is 0 Å². The Kier molecular flexibility index (Phi) is 25.3. The molecule has 0 aliphatic carbocycles. The molecule has 4 N–H and O–H groups in total. The second-order valence-electron chi connectivity index (χ2n) is 2.95. The zero-order valence-electron chi connectivity index (χ0n) is 11.2. The normalized spacial score (nSPS) is 8.24. The molecule has 0 aromatic carbocycles. The van der Waals surface area contributed by atoms with Gasteiger partial charge in [-0.05, 0) is 13.6 Å². The molecule has 6 heteroatoms. The molecule has 0 saturated carbocycles. The van der Waals surface area contributed by atoms with Gasteiger partial charge in [-0.3, -0.25) is 9.59 Å². The minimum Gasteiger partial charge on any atom is -0.481 e. The molecule has 0 amide bonds. The van der Waals surface area contributed by atoms with Gasteiger partial charge in [0.25, 0.3) is 0 Å². The first-order valence-electron chi connectivity index (χ1n) is 5.74. The number of nitrogens with one attached hydrogen (secondary N) is 2. The fourth-order valence-corrected chi connectivity index (χ4v) is 0.390. The molecule has 0 fully saturated rings. The van der Waals surface area contributed by atoms with Gasteiger partial charge in [-0.25, -0.2) is 0 Å². The molecule has 0 heterocycles. The van der Waals surface area contributed by atoms with Crippen molar-refractivity contribution in [2.75, 3.05) is 26.7 Å². The van der Waals surface area contributed by atoms with Crippen LogP contribution in [0.15, 0.2) is 0 Å². The van der Waals surface area contributed by atoms with E-state index in [-0.39, 0.29) is 12.8 Å². The van der Waals surface area contributed by atoms with Gasteiger partial charge < -0.3 is 20.8 Å². The Bertz CT molecular complexity index is 157. The first-order chi connectivity index (χ1) is 7.95. The van der Waals surface area contributed by atoms with Crippen molar-refractivity contribution in [3.63, 3.8) is 0 Å². The van der Waals surface area contributed by atoms with Crippen LogP contribution in [-0.4, -0.2) is 48.8 Å². The summed E-state index contributed by atoms with van der Waals surface area (Å²) in [4.78, 5) is 18.7. The van der Waals surface area contributed by atoms with Gasteiger partial charge in [0.1, 0.15) is 0 Å². The molecule has 0 unspecified atom stereocenters. The van der Waals surface area contributed by atoms with Gasteiger partial charge >= 0.3 is 11.9 Å². The van der Waals surface area contributed by atoms with Gasteiger partial charge in [-0.2, -0.15) is 0 Å². The van der Waals surface area contributed by atoms with Gasteiger partial charge in [0, 0.05) is 25.9 Å². The van der Waals surface area contributed by atoms with Crippen LogP contribution >= 0.6 is 0 Å². The van der Waals surface area contributed by atoms with Gasteiger partial charge in [-0.1, -0.05) is 20.8 Å². The van der Waals surface area contributed by atoms with Crippen LogP contribution in [0.25, 0.3) is 0 Å². The molecule has 0 aromatic rings. The van der Waals surface area contributed by atoms with Crippen molar-refractivity contribution >= 4 is 11.9 Å². The van der Waals surface area contributed by atoms with Crippen LogP contribution < -0.4 is 10.6 Å². The van der Waals surface area contributed by atoms with Crippen molar-refractivity contribution in [3.8, 4) is 0 Å². The van der Waals surface area contributed by atoms with E-state index in [1.165, 1.54) is 0 Å². The van der Waals surface area contributed by atoms with Crippen LogP contribution in [0.5, 0.6) is 0 Å². The van der Waals surface area contributed by atoms with Crippen LogP contribution in [0, 0.1) is 0 Å². The Morgan fingerprint density at radius 2 is 1.29 bits per heavy atom. The second kappa shape index (κ2) is 20.3. The molecule has 0 aliphatic heterocycles. The fraction of sp³-hybridized carbons (Fsp3) is 0.818. The number of rotatable bonds is 6. The Balaban J connectivity index is -0.000000177. The molecular weight excluding hydrogens is 224 g/mol. The zero-order valence-corrected chi connectivity index (χ0v) is 11.2. The highest BCUT2D eigenvalue weighted by atomic mass is 16.4. The van der Waals surface area contributed by atoms with Crippen LogP contribution in [0.3, 0.4) is 0 Å². The molecule has 0 radical (unpaired) electrons. The van der Waals surface area contributed by atoms with E-state index >= 15 is 0 Å². The molecule has 17 heavy (non-hydrogen) atoms. The van der Waals surface area contributed by atoms with Crippen molar-refractivity contribution < 1.29 is 19.8 Å². The average molecular weight is 250 g/mol. The largest absolute Gasteiger partial charge is 0.481 e. The van der Waals surface area contributed by atoms with E-state index in [0.717, 1.165) is 19.6 Å². The summed E-state index contributed by atoms with van der Waals surface area (Å²) in [6.45, 7) is 8.52. The van der Waals surface area contributed by atoms with Crippen molar-refractivity contribution in [3.05, 3.63) is 0 Å². The van der Waals surface area contributed by atoms with Crippen LogP contribution in [0.4, 0.5) is 0 Å². The number of likely N-dealkylation sites (N-methyl/N-ethyl adjacent to an activating group) is 2. The first-order valence-corrected chi connectivity index (χ1v) is 5.74. The van der Waals surface area contributed by atoms with Crippen molar-refractivity contribution in [2.24, 2.45) is 0 Å². The van der Waals surface area contributed by atoms with Gasteiger partial charge in [0.15, 0.2) is 0 Å². The summed E-state index contributed by atoms with van der Waals surface area (Å²) in [5.74, 6) is -1.49. The molecule has 0 atom stereocenters. The molecule has 0 spiro atoms. The summed E-state index contributed by atoms with van der Waals surface area (Å²) in [5.41, 5.74) is 0. The lowest BCUT2D eigenvalue weighted by atomic mass is 10.5. The number of carbonyl (C=O) groups is 2. The minimum absolute atomic E-state index is 0.222. The Hall–Kier alpha value is -1.14. The number of hydrogen-bond acceptors (Lipinski definition) is 4. The lowest BCUT2D eigenvalue weighted by Crippen LogP contribution is -2.24. The Labute approximate surface area is 103 Å². The molecule has 0 rings (SSSR count). The molecule has 0 saturated heterocycles. The second-order valence-corrected chi connectivity index (χ2v) is 2.95. The maximum Gasteiger partial charge on any atom is 0.303 e. The van der Waals surface area contributed by atoms with E-state index in [9.17, 15) is 9.59 Å². The lowest BCUT2D eigenvalue weighted by molar-refractivity contribution is -0.137. The number of hydrogen-bond donors (Lipinski definition) is 4. The molecule has 0 aliphatic rings. The molecule has 6 nitrogen and oxygen atoms in total. The highest BCUT2D eigenvalue weighted by molar-refractivity contribution is 5.66. The third-order valence-corrected chi connectivity index (χ3v) is 1.41. The van der Waals surface area contributed by atoms with Crippen LogP contribution in [-0.2, 0) is 9.59 Å². The van der Waals surface area contributed by atoms with E-state index in [4.69, 9.17) is 10.2 Å². The fourth-order valence-electron chi connectivity index (χ4n) is 0.390. The molecular formula is C11H26N2O4. The third-order valence-electron chi connectivity index (χ3n) is 1.41. The topological polar surface area (TPSA) is 98.7 Å². The molecule has 104 valence electrons. The number of carboxylic acid groups (broad SMARTS) is 2. The van der Waals surface area contributed by atoms with E-state index in [1.807, 2.05) is 7.05 Å². The smallest absolute Gasteiger partial charge is 0.303 e. The highest BCUT2D eigenvalue weighted by Crippen LogP contribution is 1.67. The minimum atomic E-state index is -0.745. The van der Waals surface area contributed by atoms with Crippen molar-refractivity contribution in [1.29, 1.82) is 0 Å². The summed E-state index contributed by atoms with van der Waals surface area (Å²) in [5, 5.41) is 21.7. The number of carboxylic acids is 2. The molecule has 0 bridgehead atoms. The number of aliphatic carboxylic acids is 2. The molecule has 0 aromatic heterocycles. The predicted molar refractivity (Wildman–Crippen MR) is 68.3 cm³/mol. The van der Waals surface area contributed by atoms with E-state index in [1.54, 1.807) is 13.8 Å². The maximum absolute atomic E-state index is 9.37. The summed E-state index contributed by atoms with van der Waals surface area (Å²) in [7, 11) is 1.96. The van der Waals surface area contributed by atoms with E-state index < -0.39 is 11.9 Å². The standard InChI is InChI=1S/C5H14N2.2C3H6O2/c1-3-7-5-4-6-2;2*1-2-3(4)5/h6-7H,3-5H2,1-2H3;2*2H2,1H3,(H,4,5). The zero-order chi connectivity index (χ0) is 14.1. The summed E-state index contributed by atoms with van der Waals surface area (Å²) >= 11 is 0. The predicted octanol–water partition coefficient (Wildman–Crippen LogP) is 0.777. The van der Waals surface area contributed by atoms with Crippen LogP contribution in [0.2, 0.25) is 0 Å². The SMILES string of the molecule is CCC(=O)O.CCC(=O)O.CCNCCNC. The third kappa shape index (κ3) is 52.2. The van der Waals surface area contributed by atoms with Gasteiger partial charge in [-0.15, -0.1) is 0 Å². The summed E-state index contributed by atoms with van der Waals surface area (Å²) in [6, 6.07) is 0. The lowest BCUT2D eigenvalue weighted by Gasteiger charge is -1.96. The quantitative estimate of drug-likeness (QED) is 0.520. The van der Waals surface area contributed by atoms with Crippen molar-refractivity contribution in [1.82, 2.24) is 10.6 Å². The highest BCUT2D eigenvalue weighted by Gasteiger charge is 1.81. The van der Waals surface area contributed by atoms with Gasteiger partial charge in [0.05, 0.1) is 0 Å². The first kappa shape index (κ1) is 21.2. The Morgan fingerprint density at radius 1 is 0.941 bits per heavy atom.